The number of nitrogens with zero attached hydrogens (tertiary/aromatic N) is 1. The van der Waals surface area contributed by atoms with Crippen LogP contribution in [0.15, 0.2) is 22.6 Å². The summed E-state index contributed by atoms with van der Waals surface area (Å²) in [6.45, 7) is 6.57. The van der Waals surface area contributed by atoms with Gasteiger partial charge in [0.05, 0.1) is 0 Å². The number of oxazole rings is 1. The first-order valence-corrected chi connectivity index (χ1v) is 6.10. The average molecular weight is 217 g/mol. The van der Waals surface area contributed by atoms with Gasteiger partial charge in [-0.25, -0.2) is 4.98 Å². The molecule has 0 radical (unpaired) electrons. The van der Waals surface area contributed by atoms with E-state index in [4.69, 9.17) is 4.42 Å². The predicted octanol–water partition coefficient (Wildman–Crippen LogP) is 4.29. The largest absolute Gasteiger partial charge is 0.441 e. The summed E-state index contributed by atoms with van der Waals surface area (Å²) in [4.78, 5) is 4.53. The number of aryl methyl sites for hydroxylation is 1. The van der Waals surface area contributed by atoms with Crippen molar-refractivity contribution in [2.75, 3.05) is 0 Å². The van der Waals surface area contributed by atoms with Crippen LogP contribution in [0.2, 0.25) is 0 Å². The predicted molar refractivity (Wildman–Crippen MR) is 66.7 cm³/mol. The molecule has 0 bridgehead atoms. The highest BCUT2D eigenvalue weighted by Gasteiger charge is 2.07. The highest BCUT2D eigenvalue weighted by atomic mass is 16.3. The zero-order valence-corrected chi connectivity index (χ0v) is 10.3. The molecule has 0 saturated carbocycles. The van der Waals surface area contributed by atoms with Crippen LogP contribution < -0.4 is 0 Å². The maximum Gasteiger partial charge on any atom is 0.195 e. The summed E-state index contributed by atoms with van der Waals surface area (Å²) in [6.07, 6.45) is 3.27. The summed E-state index contributed by atoms with van der Waals surface area (Å²) in [7, 11) is 0. The first-order chi connectivity index (χ1) is 7.70. The Morgan fingerprint density at radius 1 is 1.31 bits per heavy atom. The van der Waals surface area contributed by atoms with Gasteiger partial charge >= 0.3 is 0 Å². The standard InChI is InChI=1S/C14H19NO/c1-4-5-6-14-15-12-9-11(10(2)3)7-8-13(12)16-14/h7-10H,4-6H2,1-3H3. The van der Waals surface area contributed by atoms with Crippen LogP contribution in [0.3, 0.4) is 0 Å². The second kappa shape index (κ2) is 4.69. The fourth-order valence-corrected chi connectivity index (χ4v) is 1.79. The van der Waals surface area contributed by atoms with Crippen LogP contribution >= 0.6 is 0 Å². The highest BCUT2D eigenvalue weighted by molar-refractivity contribution is 5.73. The molecule has 2 nitrogen and oxygen atoms in total. The van der Waals surface area contributed by atoms with Crippen molar-refractivity contribution in [2.24, 2.45) is 0 Å². The van der Waals surface area contributed by atoms with E-state index < -0.39 is 0 Å². The molecule has 0 N–H and O–H groups in total. The van der Waals surface area contributed by atoms with Crippen molar-refractivity contribution in [3.8, 4) is 0 Å². The van der Waals surface area contributed by atoms with Crippen LogP contribution in [0.25, 0.3) is 11.1 Å². The Bertz CT molecular complexity index is 471. The molecular weight excluding hydrogens is 198 g/mol. The zero-order valence-electron chi connectivity index (χ0n) is 10.3. The van der Waals surface area contributed by atoms with E-state index in [2.05, 4.69) is 37.9 Å². The lowest BCUT2D eigenvalue weighted by molar-refractivity contribution is 0.517. The van der Waals surface area contributed by atoms with Gasteiger partial charge in [-0.05, 0) is 30.0 Å². The van der Waals surface area contributed by atoms with E-state index in [1.165, 1.54) is 12.0 Å². The topological polar surface area (TPSA) is 26.0 Å². The summed E-state index contributed by atoms with van der Waals surface area (Å²) in [5.74, 6) is 1.41. The van der Waals surface area contributed by atoms with Gasteiger partial charge in [-0.1, -0.05) is 33.3 Å². The number of hydrogen-bond acceptors (Lipinski definition) is 2. The van der Waals surface area contributed by atoms with Gasteiger partial charge in [0.1, 0.15) is 5.52 Å². The van der Waals surface area contributed by atoms with Gasteiger partial charge in [0.15, 0.2) is 11.5 Å². The minimum absolute atomic E-state index is 0.542. The minimum Gasteiger partial charge on any atom is -0.441 e. The molecule has 0 spiro atoms. The molecule has 1 heterocycles. The van der Waals surface area contributed by atoms with Crippen LogP contribution in [0.1, 0.15) is 51.0 Å². The van der Waals surface area contributed by atoms with Crippen LogP contribution in [0, 0.1) is 0 Å². The lowest BCUT2D eigenvalue weighted by Gasteiger charge is -2.02. The third kappa shape index (κ3) is 2.26. The van der Waals surface area contributed by atoms with Crippen molar-refractivity contribution in [2.45, 2.75) is 46.0 Å². The summed E-state index contributed by atoms with van der Waals surface area (Å²) in [6, 6.07) is 6.30. The van der Waals surface area contributed by atoms with E-state index in [-0.39, 0.29) is 0 Å². The number of fused-ring (bicyclic) bond motifs is 1. The molecule has 2 heteroatoms. The van der Waals surface area contributed by atoms with Gasteiger partial charge in [-0.2, -0.15) is 0 Å². The Balaban J connectivity index is 2.30. The Morgan fingerprint density at radius 3 is 2.81 bits per heavy atom. The molecule has 0 amide bonds. The Kier molecular flexibility index (Phi) is 3.28. The van der Waals surface area contributed by atoms with Crippen molar-refractivity contribution >= 4 is 11.1 Å². The summed E-state index contributed by atoms with van der Waals surface area (Å²) >= 11 is 0. The molecule has 0 aliphatic rings. The van der Waals surface area contributed by atoms with Crippen molar-refractivity contribution < 1.29 is 4.42 Å². The summed E-state index contributed by atoms with van der Waals surface area (Å²) < 4.78 is 5.69. The van der Waals surface area contributed by atoms with E-state index in [1.54, 1.807) is 0 Å². The highest BCUT2D eigenvalue weighted by Crippen LogP contribution is 2.22. The van der Waals surface area contributed by atoms with E-state index in [9.17, 15) is 0 Å². The molecular formula is C14H19NO. The maximum absolute atomic E-state index is 5.69. The molecule has 0 aliphatic carbocycles. The van der Waals surface area contributed by atoms with Gasteiger partial charge in [-0.15, -0.1) is 0 Å². The SMILES string of the molecule is CCCCc1nc2cc(C(C)C)ccc2o1. The van der Waals surface area contributed by atoms with Crippen molar-refractivity contribution in [1.82, 2.24) is 4.98 Å². The molecule has 1 aromatic carbocycles. The fraction of sp³-hybridized carbons (Fsp3) is 0.500. The summed E-state index contributed by atoms with van der Waals surface area (Å²) in [5.41, 5.74) is 3.23. The molecule has 1 aromatic heterocycles. The quantitative estimate of drug-likeness (QED) is 0.763. The molecule has 0 saturated heterocycles. The Hall–Kier alpha value is -1.31. The minimum atomic E-state index is 0.542. The molecule has 0 fully saturated rings. The lowest BCUT2D eigenvalue weighted by Crippen LogP contribution is -1.86. The van der Waals surface area contributed by atoms with E-state index >= 15 is 0 Å². The number of aromatic nitrogens is 1. The first-order valence-electron chi connectivity index (χ1n) is 6.10. The molecule has 16 heavy (non-hydrogen) atoms. The van der Waals surface area contributed by atoms with Crippen molar-refractivity contribution in [1.29, 1.82) is 0 Å². The molecule has 0 atom stereocenters. The number of benzene rings is 1. The zero-order chi connectivity index (χ0) is 11.5. The second-order valence-corrected chi connectivity index (χ2v) is 4.59. The Labute approximate surface area is 96.7 Å². The monoisotopic (exact) mass is 217 g/mol. The third-order valence-corrected chi connectivity index (χ3v) is 2.87. The lowest BCUT2D eigenvalue weighted by atomic mass is 10.0. The van der Waals surface area contributed by atoms with E-state index in [0.29, 0.717) is 5.92 Å². The van der Waals surface area contributed by atoms with Crippen LogP contribution in [0.4, 0.5) is 0 Å². The van der Waals surface area contributed by atoms with Gasteiger partial charge in [0.25, 0.3) is 0 Å². The smallest absolute Gasteiger partial charge is 0.195 e. The normalized spacial score (nSPS) is 11.5. The van der Waals surface area contributed by atoms with Crippen LogP contribution in [-0.2, 0) is 6.42 Å². The fourth-order valence-electron chi connectivity index (χ4n) is 1.79. The molecule has 2 rings (SSSR count). The van der Waals surface area contributed by atoms with E-state index in [1.807, 2.05) is 6.07 Å². The molecule has 2 aromatic rings. The summed E-state index contributed by atoms with van der Waals surface area (Å²) in [5, 5.41) is 0. The number of unbranched alkanes of at least 4 members (excludes halogenated alkanes) is 1. The second-order valence-electron chi connectivity index (χ2n) is 4.59. The third-order valence-electron chi connectivity index (χ3n) is 2.87. The van der Waals surface area contributed by atoms with Crippen LogP contribution in [0.5, 0.6) is 0 Å². The van der Waals surface area contributed by atoms with Gasteiger partial charge < -0.3 is 4.42 Å². The Morgan fingerprint density at radius 2 is 2.12 bits per heavy atom. The molecule has 0 unspecified atom stereocenters. The maximum atomic E-state index is 5.69. The molecule has 86 valence electrons. The first kappa shape index (κ1) is 11.2. The van der Waals surface area contributed by atoms with Crippen LogP contribution in [-0.4, -0.2) is 4.98 Å². The van der Waals surface area contributed by atoms with Gasteiger partial charge in [0.2, 0.25) is 0 Å². The average Bonchev–Trinajstić information content (AvgIpc) is 2.67. The number of hydrogen-bond donors (Lipinski definition) is 0. The van der Waals surface area contributed by atoms with Crippen molar-refractivity contribution in [3.05, 3.63) is 29.7 Å². The van der Waals surface area contributed by atoms with Gasteiger partial charge in [0, 0.05) is 6.42 Å². The molecule has 0 aliphatic heterocycles. The van der Waals surface area contributed by atoms with E-state index in [0.717, 1.165) is 29.8 Å². The number of rotatable bonds is 4. The van der Waals surface area contributed by atoms with Crippen molar-refractivity contribution in [3.63, 3.8) is 0 Å². The van der Waals surface area contributed by atoms with Gasteiger partial charge in [-0.3, -0.25) is 0 Å².